The van der Waals surface area contributed by atoms with E-state index in [4.69, 9.17) is 4.42 Å². The number of hydrogen-bond acceptors (Lipinski definition) is 4. The smallest absolute Gasteiger partial charge is 0.136 e. The molecule has 0 spiro atoms. The third-order valence-electron chi connectivity index (χ3n) is 9.39. The van der Waals surface area contributed by atoms with Crippen LogP contribution in [0, 0.1) is 0 Å². The summed E-state index contributed by atoms with van der Waals surface area (Å²) in [7, 11) is 0. The summed E-state index contributed by atoms with van der Waals surface area (Å²) in [4.78, 5) is 0. The Kier molecular flexibility index (Phi) is 6.90. The Hall–Kier alpha value is -5.52. The maximum absolute atomic E-state index is 6.49. The average Bonchev–Trinajstić information content (AvgIpc) is 3.53. The molecule has 0 amide bonds. The van der Waals surface area contributed by atoms with Gasteiger partial charge in [-0.25, -0.2) is 0 Å². The SMILES string of the molecule is c1ccc(-c2ccc3cc(C4NC(c5ccccc5)NC(c5cccc6oc7cc(-c8ccccc8)ccc7c56)N4)ccc3c2)cc1. The van der Waals surface area contributed by atoms with E-state index in [9.17, 15) is 0 Å². The van der Waals surface area contributed by atoms with Gasteiger partial charge in [0, 0.05) is 10.8 Å². The van der Waals surface area contributed by atoms with Gasteiger partial charge in [0.05, 0.1) is 18.5 Å². The van der Waals surface area contributed by atoms with Crippen molar-refractivity contribution < 1.29 is 4.42 Å². The van der Waals surface area contributed by atoms with Crippen LogP contribution in [0.3, 0.4) is 0 Å². The maximum atomic E-state index is 6.49. The minimum atomic E-state index is -0.138. The molecule has 8 aromatic rings. The van der Waals surface area contributed by atoms with Gasteiger partial charge in [-0.3, -0.25) is 16.0 Å². The van der Waals surface area contributed by atoms with E-state index >= 15 is 0 Å². The lowest BCUT2D eigenvalue weighted by atomic mass is 9.97. The molecule has 2 heterocycles. The highest BCUT2D eigenvalue weighted by Crippen LogP contribution is 2.38. The van der Waals surface area contributed by atoms with Gasteiger partial charge in [0.15, 0.2) is 0 Å². The fourth-order valence-electron chi connectivity index (χ4n) is 7.01. The fourth-order valence-corrected chi connectivity index (χ4v) is 7.01. The number of furan rings is 1. The first-order valence-electron chi connectivity index (χ1n) is 16.2. The third-order valence-corrected chi connectivity index (χ3v) is 9.39. The molecule has 9 rings (SSSR count). The molecule has 4 heteroatoms. The second-order valence-corrected chi connectivity index (χ2v) is 12.3. The van der Waals surface area contributed by atoms with Gasteiger partial charge in [-0.1, -0.05) is 133 Å². The van der Waals surface area contributed by atoms with Gasteiger partial charge in [-0.2, -0.15) is 0 Å². The first-order valence-corrected chi connectivity index (χ1v) is 16.2. The summed E-state index contributed by atoms with van der Waals surface area (Å²) in [6.07, 6.45) is -0.301. The van der Waals surface area contributed by atoms with Crippen LogP contribution in [0.15, 0.2) is 168 Å². The molecule has 0 radical (unpaired) electrons. The predicted octanol–water partition coefficient (Wildman–Crippen LogP) is 10.3. The molecule has 7 aromatic carbocycles. The molecule has 0 aliphatic carbocycles. The summed E-state index contributed by atoms with van der Waals surface area (Å²) in [5, 5.41) is 16.3. The van der Waals surface area contributed by atoms with Crippen LogP contribution in [0.5, 0.6) is 0 Å². The molecule has 0 saturated carbocycles. The normalized spacial score (nSPS) is 18.2. The van der Waals surface area contributed by atoms with Crippen LogP contribution in [0.2, 0.25) is 0 Å². The number of fused-ring (bicyclic) bond motifs is 4. The summed E-state index contributed by atoms with van der Waals surface area (Å²) >= 11 is 0. The van der Waals surface area contributed by atoms with Crippen molar-refractivity contribution in [1.29, 1.82) is 0 Å². The zero-order chi connectivity index (χ0) is 31.2. The Morgan fingerprint density at radius 2 is 0.979 bits per heavy atom. The van der Waals surface area contributed by atoms with Crippen LogP contribution in [-0.2, 0) is 0 Å². The van der Waals surface area contributed by atoms with Crippen LogP contribution in [0.4, 0.5) is 0 Å². The molecule has 3 atom stereocenters. The molecule has 0 bridgehead atoms. The van der Waals surface area contributed by atoms with E-state index in [0.717, 1.165) is 33.1 Å². The molecular weight excluding hydrogens is 574 g/mol. The molecule has 3 N–H and O–H groups in total. The molecular formula is C43H33N3O. The molecule has 1 fully saturated rings. The summed E-state index contributed by atoms with van der Waals surface area (Å²) in [6.45, 7) is 0. The van der Waals surface area contributed by atoms with Crippen LogP contribution in [0.25, 0.3) is 55.0 Å². The van der Waals surface area contributed by atoms with Crippen molar-refractivity contribution in [2.45, 2.75) is 18.5 Å². The van der Waals surface area contributed by atoms with Crippen LogP contribution < -0.4 is 16.0 Å². The standard InChI is InChI=1S/C43H33N3O/c1-4-11-28(12-5-1)31-19-20-33-26-35(22-21-32(33)25-31)42-44-41(30-15-8-3-9-16-30)45-43(46-42)37-17-10-18-38-40(37)36-24-23-34(27-39(36)47-38)29-13-6-2-7-14-29/h1-27,41-46H. The molecule has 1 saturated heterocycles. The number of nitrogens with one attached hydrogen (secondary N) is 3. The van der Waals surface area contributed by atoms with E-state index in [1.807, 2.05) is 6.07 Å². The van der Waals surface area contributed by atoms with E-state index in [2.05, 4.69) is 174 Å². The molecule has 1 aromatic heterocycles. The van der Waals surface area contributed by atoms with Crippen LogP contribution >= 0.6 is 0 Å². The second-order valence-electron chi connectivity index (χ2n) is 12.3. The largest absolute Gasteiger partial charge is 0.456 e. The van der Waals surface area contributed by atoms with Crippen molar-refractivity contribution in [2.75, 3.05) is 0 Å². The van der Waals surface area contributed by atoms with Crippen molar-refractivity contribution in [3.63, 3.8) is 0 Å². The minimum absolute atomic E-state index is 0.0679. The number of hydrogen-bond donors (Lipinski definition) is 3. The number of rotatable bonds is 5. The van der Waals surface area contributed by atoms with Gasteiger partial charge in [0.2, 0.25) is 0 Å². The maximum Gasteiger partial charge on any atom is 0.136 e. The summed E-state index contributed by atoms with van der Waals surface area (Å²) in [5.41, 5.74) is 10.1. The van der Waals surface area contributed by atoms with Crippen molar-refractivity contribution in [3.05, 3.63) is 180 Å². The van der Waals surface area contributed by atoms with Crippen molar-refractivity contribution in [1.82, 2.24) is 16.0 Å². The van der Waals surface area contributed by atoms with E-state index in [-0.39, 0.29) is 18.5 Å². The van der Waals surface area contributed by atoms with Gasteiger partial charge >= 0.3 is 0 Å². The minimum Gasteiger partial charge on any atom is -0.456 e. The molecule has 226 valence electrons. The fraction of sp³-hybridized carbons (Fsp3) is 0.0698. The Bertz CT molecular complexity index is 2350. The third kappa shape index (κ3) is 5.19. The average molecular weight is 608 g/mol. The van der Waals surface area contributed by atoms with Crippen LogP contribution in [-0.4, -0.2) is 0 Å². The van der Waals surface area contributed by atoms with Crippen molar-refractivity contribution >= 4 is 32.7 Å². The lowest BCUT2D eigenvalue weighted by Crippen LogP contribution is -2.54. The Labute approximate surface area is 273 Å². The Morgan fingerprint density at radius 1 is 0.383 bits per heavy atom. The summed E-state index contributed by atoms with van der Waals surface area (Å²) in [6, 6.07) is 58.1. The molecule has 1 aliphatic heterocycles. The Morgan fingerprint density at radius 3 is 1.72 bits per heavy atom. The summed E-state index contributed by atoms with van der Waals surface area (Å²) < 4.78 is 6.49. The van der Waals surface area contributed by atoms with E-state index in [0.29, 0.717) is 0 Å². The Balaban J connectivity index is 1.11. The van der Waals surface area contributed by atoms with Gasteiger partial charge in [0.25, 0.3) is 0 Å². The van der Waals surface area contributed by atoms with Gasteiger partial charge in [0.1, 0.15) is 11.2 Å². The first kappa shape index (κ1) is 27.8. The van der Waals surface area contributed by atoms with E-state index in [1.54, 1.807) is 0 Å². The topological polar surface area (TPSA) is 49.2 Å². The van der Waals surface area contributed by atoms with Gasteiger partial charge in [-0.15, -0.1) is 0 Å². The van der Waals surface area contributed by atoms with Crippen LogP contribution in [0.1, 0.15) is 35.2 Å². The van der Waals surface area contributed by atoms with Gasteiger partial charge in [-0.05, 0) is 80.0 Å². The second kappa shape index (κ2) is 11.7. The molecule has 1 aliphatic rings. The predicted molar refractivity (Wildman–Crippen MR) is 193 cm³/mol. The lowest BCUT2D eigenvalue weighted by molar-refractivity contribution is 0.204. The molecule has 47 heavy (non-hydrogen) atoms. The van der Waals surface area contributed by atoms with E-state index < -0.39 is 0 Å². The summed E-state index contributed by atoms with van der Waals surface area (Å²) in [5.74, 6) is 0. The van der Waals surface area contributed by atoms with E-state index in [1.165, 1.54) is 38.6 Å². The van der Waals surface area contributed by atoms with Crippen molar-refractivity contribution in [3.8, 4) is 22.3 Å². The highest BCUT2D eigenvalue weighted by atomic mass is 16.3. The zero-order valence-electron chi connectivity index (χ0n) is 25.7. The zero-order valence-corrected chi connectivity index (χ0v) is 25.7. The molecule has 3 unspecified atom stereocenters. The highest BCUT2D eigenvalue weighted by molar-refractivity contribution is 6.08. The lowest BCUT2D eigenvalue weighted by Gasteiger charge is -2.40. The monoisotopic (exact) mass is 607 g/mol. The molecule has 4 nitrogen and oxygen atoms in total. The van der Waals surface area contributed by atoms with Crippen molar-refractivity contribution in [2.24, 2.45) is 0 Å². The number of benzene rings is 7. The quantitative estimate of drug-likeness (QED) is 0.182. The first-order chi connectivity index (χ1) is 23.3. The van der Waals surface area contributed by atoms with Gasteiger partial charge < -0.3 is 4.42 Å². The highest BCUT2D eigenvalue weighted by Gasteiger charge is 2.31.